The molecule has 0 saturated carbocycles. The van der Waals surface area contributed by atoms with E-state index in [-0.39, 0.29) is 17.7 Å². The number of nitrogens with one attached hydrogen (secondary N) is 1. The van der Waals surface area contributed by atoms with Gasteiger partial charge in [-0.2, -0.15) is 18.2 Å². The molecule has 5 nitrogen and oxygen atoms in total. The maximum Gasteiger partial charge on any atom is 0.476 e. The fourth-order valence-electron chi connectivity index (χ4n) is 5.35. The number of nitrogens with zero attached hydrogens (tertiary/aromatic N) is 2. The molecule has 32 heavy (non-hydrogen) atoms. The quantitative estimate of drug-likeness (QED) is 0.647. The monoisotopic (exact) mass is 454 g/mol. The lowest BCUT2D eigenvalue weighted by Crippen LogP contribution is -2.59. The largest absolute Gasteiger partial charge is 0.476 e. The Bertz CT molecular complexity index is 860. The molecule has 3 rings (SSSR count). The Balaban J connectivity index is 1.95. The van der Waals surface area contributed by atoms with Gasteiger partial charge in [-0.1, -0.05) is 18.2 Å². The van der Waals surface area contributed by atoms with Gasteiger partial charge in [0.05, 0.1) is 5.41 Å². The normalized spacial score (nSPS) is 25.1. The highest BCUT2D eigenvalue weighted by Crippen LogP contribution is 2.40. The van der Waals surface area contributed by atoms with Crippen molar-refractivity contribution >= 4 is 11.6 Å². The standard InChI is InChI=1S/C24H34F3N3O2/c1-21(2)15-18(16-32-30-22(3,4)13-10-14-23(30,5)6)29(28-20(31)24(25,26)27)19(21)17-11-8-7-9-12-17/h7-9,11-12,18H,10,13-16H2,1-6H3/p+1. The number of hydroxylamine groups is 2. The zero-order valence-electron chi connectivity index (χ0n) is 19.8. The second-order valence-corrected chi connectivity index (χ2v) is 10.8. The molecular weight excluding hydrogens is 419 g/mol. The molecule has 0 aliphatic carbocycles. The highest BCUT2D eigenvalue weighted by molar-refractivity contribution is 6.01. The molecule has 1 saturated heterocycles. The first-order valence-corrected chi connectivity index (χ1v) is 11.2. The van der Waals surface area contributed by atoms with Crippen LogP contribution >= 0.6 is 0 Å². The molecule has 0 aromatic heterocycles. The predicted molar refractivity (Wildman–Crippen MR) is 117 cm³/mol. The van der Waals surface area contributed by atoms with Gasteiger partial charge < -0.3 is 0 Å². The second-order valence-electron chi connectivity index (χ2n) is 10.8. The van der Waals surface area contributed by atoms with Crippen molar-refractivity contribution in [3.05, 3.63) is 35.9 Å². The van der Waals surface area contributed by atoms with Crippen molar-refractivity contribution in [2.75, 3.05) is 6.61 Å². The summed E-state index contributed by atoms with van der Waals surface area (Å²) in [5, 5.41) is 2.00. The third-order valence-electron chi connectivity index (χ3n) is 6.59. The van der Waals surface area contributed by atoms with E-state index < -0.39 is 23.5 Å². The molecule has 0 spiro atoms. The minimum atomic E-state index is -4.98. The van der Waals surface area contributed by atoms with E-state index in [1.807, 2.05) is 49.2 Å². The SMILES string of the molecule is CC1(C)CC(CON2C(C)(C)CCCC2(C)C)[N+](NC(=O)C(F)(F)F)=C1c1ccccc1. The van der Waals surface area contributed by atoms with Crippen LogP contribution in [0.5, 0.6) is 0 Å². The summed E-state index contributed by atoms with van der Waals surface area (Å²) in [6.07, 6.45) is -1.39. The van der Waals surface area contributed by atoms with Crippen molar-refractivity contribution in [1.29, 1.82) is 0 Å². The number of hydrogen-bond acceptors (Lipinski definition) is 3. The van der Waals surface area contributed by atoms with Crippen LogP contribution in [0.25, 0.3) is 0 Å². The number of halogens is 3. The summed E-state index contributed by atoms with van der Waals surface area (Å²) >= 11 is 0. The Kier molecular flexibility index (Phi) is 6.52. The summed E-state index contributed by atoms with van der Waals surface area (Å²) in [4.78, 5) is 18.2. The minimum Gasteiger partial charge on any atom is -0.291 e. The van der Waals surface area contributed by atoms with E-state index in [4.69, 9.17) is 4.84 Å². The van der Waals surface area contributed by atoms with E-state index in [0.29, 0.717) is 12.1 Å². The third kappa shape index (κ3) is 5.01. The Labute approximate surface area is 188 Å². The molecule has 2 aliphatic heterocycles. The topological polar surface area (TPSA) is 44.6 Å². The number of benzene rings is 1. The van der Waals surface area contributed by atoms with Gasteiger partial charge >= 0.3 is 12.1 Å². The second kappa shape index (κ2) is 8.45. The van der Waals surface area contributed by atoms with Gasteiger partial charge in [0.2, 0.25) is 11.8 Å². The Morgan fingerprint density at radius 3 is 2.19 bits per heavy atom. The van der Waals surface area contributed by atoms with Gasteiger partial charge in [0.1, 0.15) is 6.61 Å². The lowest BCUT2D eigenvalue weighted by molar-refractivity contribution is -0.609. The van der Waals surface area contributed by atoms with E-state index in [0.717, 1.165) is 24.8 Å². The molecule has 1 atom stereocenters. The first-order chi connectivity index (χ1) is 14.7. The van der Waals surface area contributed by atoms with Gasteiger partial charge in [-0.3, -0.25) is 9.63 Å². The van der Waals surface area contributed by atoms with Crippen LogP contribution in [0.4, 0.5) is 13.2 Å². The first-order valence-electron chi connectivity index (χ1n) is 11.2. The number of piperidine rings is 1. The molecule has 1 unspecified atom stereocenters. The summed E-state index contributed by atoms with van der Waals surface area (Å²) in [6.45, 7) is 12.6. The number of amides is 1. The first kappa shape index (κ1) is 24.7. The summed E-state index contributed by atoms with van der Waals surface area (Å²) in [5.41, 5.74) is 2.73. The highest BCUT2D eigenvalue weighted by Gasteiger charge is 2.52. The van der Waals surface area contributed by atoms with Crippen LogP contribution in [0.15, 0.2) is 30.3 Å². The molecule has 1 N–H and O–H groups in total. The number of hydrazone groups is 1. The molecule has 1 aromatic carbocycles. The van der Waals surface area contributed by atoms with Crippen molar-refractivity contribution < 1.29 is 27.5 Å². The molecule has 2 heterocycles. The molecule has 1 fully saturated rings. The van der Waals surface area contributed by atoms with Gasteiger partial charge in [0.15, 0.2) is 0 Å². The number of carbonyl (C=O) groups is 1. The molecule has 0 bridgehead atoms. The van der Waals surface area contributed by atoms with Crippen molar-refractivity contribution in [3.8, 4) is 0 Å². The summed E-state index contributed by atoms with van der Waals surface area (Å²) in [5.74, 6) is -1.98. The van der Waals surface area contributed by atoms with Crippen LogP contribution in [0.2, 0.25) is 0 Å². The maximum atomic E-state index is 13.1. The van der Waals surface area contributed by atoms with Crippen LogP contribution in [-0.2, 0) is 9.63 Å². The van der Waals surface area contributed by atoms with E-state index in [1.54, 1.807) is 0 Å². The number of hydrogen-bond donors (Lipinski definition) is 1. The summed E-state index contributed by atoms with van der Waals surface area (Å²) in [7, 11) is 0. The van der Waals surface area contributed by atoms with Gasteiger partial charge in [0, 0.05) is 23.1 Å². The van der Waals surface area contributed by atoms with Gasteiger partial charge in [-0.25, -0.2) is 0 Å². The van der Waals surface area contributed by atoms with Gasteiger partial charge in [-0.05, 0) is 72.9 Å². The van der Waals surface area contributed by atoms with Crippen LogP contribution < -0.4 is 5.43 Å². The lowest BCUT2D eigenvalue weighted by atomic mass is 9.81. The van der Waals surface area contributed by atoms with Crippen LogP contribution in [0.1, 0.15) is 72.8 Å². The molecule has 8 heteroatoms. The number of alkyl halides is 3. The van der Waals surface area contributed by atoms with Crippen molar-refractivity contribution in [2.45, 2.75) is 90.5 Å². The zero-order chi connectivity index (χ0) is 23.9. The van der Waals surface area contributed by atoms with Crippen LogP contribution in [0, 0.1) is 5.41 Å². The summed E-state index contributed by atoms with van der Waals surface area (Å²) < 4.78 is 40.8. The molecule has 178 valence electrons. The lowest BCUT2D eigenvalue weighted by Gasteiger charge is -2.51. The molecule has 1 amide bonds. The van der Waals surface area contributed by atoms with E-state index in [2.05, 4.69) is 33.1 Å². The maximum absolute atomic E-state index is 13.1. The molecule has 2 aliphatic rings. The minimum absolute atomic E-state index is 0.171. The molecule has 0 radical (unpaired) electrons. The van der Waals surface area contributed by atoms with Crippen LogP contribution in [0.3, 0.4) is 0 Å². The van der Waals surface area contributed by atoms with Crippen molar-refractivity contribution in [2.24, 2.45) is 5.41 Å². The molecular formula is C24H35F3N3O2+. The van der Waals surface area contributed by atoms with Crippen molar-refractivity contribution in [3.63, 3.8) is 0 Å². The average Bonchev–Trinajstić information content (AvgIpc) is 2.89. The number of carbonyl (C=O) groups excluding carboxylic acids is 1. The third-order valence-corrected chi connectivity index (χ3v) is 6.59. The number of rotatable bonds is 5. The van der Waals surface area contributed by atoms with E-state index in [1.165, 1.54) is 4.68 Å². The smallest absolute Gasteiger partial charge is 0.291 e. The van der Waals surface area contributed by atoms with E-state index in [9.17, 15) is 18.0 Å². The highest BCUT2D eigenvalue weighted by atomic mass is 19.4. The average molecular weight is 455 g/mol. The Morgan fingerprint density at radius 2 is 1.66 bits per heavy atom. The zero-order valence-corrected chi connectivity index (χ0v) is 19.8. The van der Waals surface area contributed by atoms with Crippen LogP contribution in [-0.4, -0.2) is 51.3 Å². The van der Waals surface area contributed by atoms with Gasteiger partial charge in [0.25, 0.3) is 0 Å². The fourth-order valence-corrected chi connectivity index (χ4v) is 5.35. The molecule has 1 aromatic rings. The van der Waals surface area contributed by atoms with Crippen molar-refractivity contribution in [1.82, 2.24) is 10.5 Å². The fraction of sp³-hybridized carbons (Fsp3) is 0.667. The Hall–Kier alpha value is -1.93. The van der Waals surface area contributed by atoms with Gasteiger partial charge in [-0.15, -0.1) is 10.1 Å². The summed E-state index contributed by atoms with van der Waals surface area (Å²) in [6, 6.07) is 8.79. The predicted octanol–water partition coefficient (Wildman–Crippen LogP) is 4.85. The number of hydrazine groups is 1. The Morgan fingerprint density at radius 1 is 1.09 bits per heavy atom. The van der Waals surface area contributed by atoms with E-state index >= 15 is 0 Å².